The van der Waals surface area contributed by atoms with Gasteiger partial charge in [0.15, 0.2) is 0 Å². The molecule has 0 aliphatic rings. The molecule has 0 spiro atoms. The van der Waals surface area contributed by atoms with Crippen LogP contribution in [0.3, 0.4) is 0 Å². The largest absolute Gasteiger partial charge is 0.261 e. The van der Waals surface area contributed by atoms with E-state index in [0.29, 0.717) is 5.56 Å². The molecule has 1 atom stereocenters. The third-order valence-corrected chi connectivity index (χ3v) is 2.95. The zero-order valence-corrected chi connectivity index (χ0v) is 8.44. The van der Waals surface area contributed by atoms with Crippen molar-refractivity contribution in [3.63, 3.8) is 0 Å². The summed E-state index contributed by atoms with van der Waals surface area (Å²) in [6.45, 7) is 1.33. The van der Waals surface area contributed by atoms with Crippen LogP contribution in [0.15, 0.2) is 29.2 Å². The molecule has 0 fully saturated rings. The van der Waals surface area contributed by atoms with Gasteiger partial charge in [0.2, 0.25) is 0 Å². The number of halogens is 2. The highest BCUT2D eigenvalue weighted by Crippen LogP contribution is 2.21. The predicted molar refractivity (Wildman–Crippen MR) is 49.0 cm³/mol. The minimum atomic E-state index is -3.75. The highest BCUT2D eigenvalue weighted by atomic mass is 35.7. The molecule has 0 amide bonds. The molecule has 1 unspecified atom stereocenters. The Labute approximate surface area is 80.8 Å². The number of alkyl halides is 1. The molecule has 0 heterocycles. The molecule has 0 aromatic heterocycles. The van der Waals surface area contributed by atoms with Gasteiger partial charge in [0, 0.05) is 10.7 Å². The number of rotatable bonds is 2. The topological polar surface area (TPSA) is 34.1 Å². The zero-order valence-electron chi connectivity index (χ0n) is 6.87. The summed E-state index contributed by atoms with van der Waals surface area (Å²) in [4.78, 5) is -0.0730. The van der Waals surface area contributed by atoms with Gasteiger partial charge in [0.25, 0.3) is 9.05 Å². The van der Waals surface area contributed by atoms with Gasteiger partial charge in [0.1, 0.15) is 6.17 Å². The second-order valence-corrected chi connectivity index (χ2v) is 5.19. The average molecular weight is 223 g/mol. The van der Waals surface area contributed by atoms with E-state index in [0.717, 1.165) is 0 Å². The van der Waals surface area contributed by atoms with Crippen LogP contribution in [0.2, 0.25) is 0 Å². The summed E-state index contributed by atoms with van der Waals surface area (Å²) < 4.78 is 34.5. The number of benzene rings is 1. The molecule has 0 saturated heterocycles. The lowest BCUT2D eigenvalue weighted by Gasteiger charge is -2.02. The summed E-state index contributed by atoms with van der Waals surface area (Å²) in [5, 5.41) is 0. The van der Waals surface area contributed by atoms with E-state index in [4.69, 9.17) is 10.7 Å². The third kappa shape index (κ3) is 2.67. The van der Waals surface area contributed by atoms with E-state index in [1.54, 1.807) is 0 Å². The van der Waals surface area contributed by atoms with Crippen molar-refractivity contribution in [2.45, 2.75) is 18.0 Å². The fraction of sp³-hybridized carbons (Fsp3) is 0.250. The van der Waals surface area contributed by atoms with E-state index in [1.807, 2.05) is 0 Å². The first-order valence-electron chi connectivity index (χ1n) is 3.60. The molecule has 5 heteroatoms. The van der Waals surface area contributed by atoms with E-state index < -0.39 is 15.2 Å². The summed E-state index contributed by atoms with van der Waals surface area (Å²) >= 11 is 0. The minimum absolute atomic E-state index is 0.0730. The van der Waals surface area contributed by atoms with E-state index in [1.165, 1.54) is 31.2 Å². The van der Waals surface area contributed by atoms with Gasteiger partial charge in [-0.05, 0) is 24.6 Å². The fourth-order valence-corrected chi connectivity index (χ4v) is 1.72. The fourth-order valence-electron chi connectivity index (χ4n) is 0.914. The molecule has 72 valence electrons. The molecule has 1 aromatic carbocycles. The highest BCUT2D eigenvalue weighted by Gasteiger charge is 2.11. The van der Waals surface area contributed by atoms with Gasteiger partial charge in [-0.15, -0.1) is 0 Å². The van der Waals surface area contributed by atoms with Crippen molar-refractivity contribution in [3.8, 4) is 0 Å². The lowest BCUT2D eigenvalue weighted by molar-refractivity contribution is 0.373. The lowest BCUT2D eigenvalue weighted by Crippen LogP contribution is -1.93. The maximum absolute atomic E-state index is 12.8. The molecule has 0 N–H and O–H groups in total. The Bertz CT molecular complexity index is 400. The molecule has 0 aliphatic carbocycles. The van der Waals surface area contributed by atoms with Crippen molar-refractivity contribution in [2.24, 2.45) is 0 Å². The Hall–Kier alpha value is -0.610. The van der Waals surface area contributed by atoms with Crippen molar-refractivity contribution in [3.05, 3.63) is 29.8 Å². The molecule has 1 aromatic rings. The van der Waals surface area contributed by atoms with Crippen LogP contribution in [-0.4, -0.2) is 8.42 Å². The molecule has 0 saturated carbocycles. The van der Waals surface area contributed by atoms with Crippen LogP contribution in [0.1, 0.15) is 18.7 Å². The Morgan fingerprint density at radius 3 is 2.54 bits per heavy atom. The molecular weight excluding hydrogens is 215 g/mol. The van der Waals surface area contributed by atoms with Gasteiger partial charge in [-0.25, -0.2) is 12.8 Å². The van der Waals surface area contributed by atoms with Crippen LogP contribution >= 0.6 is 10.7 Å². The van der Waals surface area contributed by atoms with E-state index in [2.05, 4.69) is 0 Å². The molecular formula is C8H8ClFO2S. The van der Waals surface area contributed by atoms with Gasteiger partial charge in [-0.2, -0.15) is 0 Å². The monoisotopic (exact) mass is 222 g/mol. The standard InChI is InChI=1S/C8H8ClFO2S/c1-6(10)7-3-2-4-8(5-7)13(9,11)12/h2-6H,1H3. The van der Waals surface area contributed by atoms with Crippen LogP contribution in [0, 0.1) is 0 Å². The van der Waals surface area contributed by atoms with Crippen LogP contribution in [0.5, 0.6) is 0 Å². The molecule has 2 nitrogen and oxygen atoms in total. The summed E-state index contributed by atoms with van der Waals surface area (Å²) in [6, 6.07) is 5.53. The Balaban J connectivity index is 3.21. The van der Waals surface area contributed by atoms with E-state index in [-0.39, 0.29) is 4.90 Å². The maximum atomic E-state index is 12.8. The van der Waals surface area contributed by atoms with Crippen LogP contribution in [-0.2, 0) is 9.05 Å². The first kappa shape index (κ1) is 10.5. The SMILES string of the molecule is CC(F)c1cccc(S(=O)(=O)Cl)c1. The smallest absolute Gasteiger partial charge is 0.243 e. The lowest BCUT2D eigenvalue weighted by atomic mass is 10.1. The summed E-state index contributed by atoms with van der Waals surface area (Å²) in [7, 11) is 1.33. The van der Waals surface area contributed by atoms with Gasteiger partial charge in [-0.3, -0.25) is 0 Å². The maximum Gasteiger partial charge on any atom is 0.261 e. The van der Waals surface area contributed by atoms with Crippen molar-refractivity contribution in [1.82, 2.24) is 0 Å². The minimum Gasteiger partial charge on any atom is -0.243 e. The summed E-state index contributed by atoms with van der Waals surface area (Å²) in [5.74, 6) is 0. The van der Waals surface area contributed by atoms with Crippen molar-refractivity contribution >= 4 is 19.7 Å². The Kier molecular flexibility index (Phi) is 2.93. The second kappa shape index (κ2) is 3.64. The van der Waals surface area contributed by atoms with Crippen LogP contribution in [0.4, 0.5) is 4.39 Å². The van der Waals surface area contributed by atoms with Gasteiger partial charge in [-0.1, -0.05) is 12.1 Å². The van der Waals surface area contributed by atoms with Crippen molar-refractivity contribution in [2.75, 3.05) is 0 Å². The van der Waals surface area contributed by atoms with Crippen LogP contribution < -0.4 is 0 Å². The molecule has 1 rings (SSSR count). The Morgan fingerprint density at radius 1 is 1.46 bits per heavy atom. The first-order chi connectivity index (χ1) is 5.91. The molecule has 0 bridgehead atoms. The third-order valence-electron chi connectivity index (χ3n) is 1.60. The molecule has 0 aliphatic heterocycles. The Morgan fingerprint density at radius 2 is 2.08 bits per heavy atom. The average Bonchev–Trinajstić information content (AvgIpc) is 2.03. The predicted octanol–water partition coefficient (Wildman–Crippen LogP) is 2.64. The van der Waals surface area contributed by atoms with Gasteiger partial charge >= 0.3 is 0 Å². The summed E-state index contributed by atoms with van der Waals surface area (Å²) in [6.07, 6.45) is -1.20. The highest BCUT2D eigenvalue weighted by molar-refractivity contribution is 8.13. The van der Waals surface area contributed by atoms with Crippen molar-refractivity contribution < 1.29 is 12.8 Å². The van der Waals surface area contributed by atoms with Gasteiger partial charge < -0.3 is 0 Å². The van der Waals surface area contributed by atoms with E-state index in [9.17, 15) is 12.8 Å². The van der Waals surface area contributed by atoms with Crippen molar-refractivity contribution in [1.29, 1.82) is 0 Å². The molecule has 13 heavy (non-hydrogen) atoms. The normalized spacial score (nSPS) is 14.1. The second-order valence-electron chi connectivity index (χ2n) is 2.63. The first-order valence-corrected chi connectivity index (χ1v) is 5.91. The number of hydrogen-bond donors (Lipinski definition) is 0. The van der Waals surface area contributed by atoms with Gasteiger partial charge in [0.05, 0.1) is 4.90 Å². The quantitative estimate of drug-likeness (QED) is 0.721. The van der Waals surface area contributed by atoms with E-state index >= 15 is 0 Å². The zero-order chi connectivity index (χ0) is 10.1. The molecule has 0 radical (unpaired) electrons. The van der Waals surface area contributed by atoms with Crippen LogP contribution in [0.25, 0.3) is 0 Å². The number of hydrogen-bond acceptors (Lipinski definition) is 2. The summed E-state index contributed by atoms with van der Waals surface area (Å²) in [5.41, 5.74) is 0.307.